The van der Waals surface area contributed by atoms with E-state index < -0.39 is 0 Å². The zero-order valence-electron chi connectivity index (χ0n) is 14.1. The van der Waals surface area contributed by atoms with Gasteiger partial charge in [0.2, 0.25) is 5.91 Å². The van der Waals surface area contributed by atoms with Crippen molar-refractivity contribution in [3.8, 4) is 0 Å². The monoisotopic (exact) mass is 354 g/mol. The first-order valence-electron chi connectivity index (χ1n) is 8.16. The molecule has 1 aliphatic heterocycles. The smallest absolute Gasteiger partial charge is 0.317 e. The van der Waals surface area contributed by atoms with E-state index in [2.05, 4.69) is 22.8 Å². The fourth-order valence-electron chi connectivity index (χ4n) is 2.52. The number of nitrogens with zero attached hydrogens (tertiary/aromatic N) is 1. The number of hydrogen-bond acceptors (Lipinski definition) is 3. The number of hydrogen-bond donors (Lipinski definition) is 3. The van der Waals surface area contributed by atoms with Crippen LogP contribution in [0.1, 0.15) is 24.5 Å². The Morgan fingerprint density at radius 2 is 1.96 bits per heavy atom. The number of urea groups is 1. The first kappa shape index (κ1) is 20.3. The first-order chi connectivity index (χ1) is 11.1. The van der Waals surface area contributed by atoms with Gasteiger partial charge in [-0.05, 0) is 30.0 Å². The van der Waals surface area contributed by atoms with Crippen molar-refractivity contribution in [1.29, 1.82) is 0 Å². The number of nitrogens with one attached hydrogen (secondary N) is 2. The summed E-state index contributed by atoms with van der Waals surface area (Å²) in [7, 11) is 0. The Balaban J connectivity index is 0.00000288. The Morgan fingerprint density at radius 1 is 1.25 bits per heavy atom. The molecule has 1 aromatic rings. The van der Waals surface area contributed by atoms with Crippen molar-refractivity contribution in [3.05, 3.63) is 35.4 Å². The highest BCUT2D eigenvalue weighted by molar-refractivity contribution is 5.85. The molecule has 1 aromatic carbocycles. The van der Waals surface area contributed by atoms with Gasteiger partial charge in [0.15, 0.2) is 0 Å². The van der Waals surface area contributed by atoms with Crippen LogP contribution in [0.2, 0.25) is 0 Å². The molecule has 0 bridgehead atoms. The van der Waals surface area contributed by atoms with Gasteiger partial charge < -0.3 is 21.3 Å². The Hall–Kier alpha value is -1.79. The van der Waals surface area contributed by atoms with Crippen molar-refractivity contribution in [1.82, 2.24) is 15.5 Å². The molecule has 134 valence electrons. The van der Waals surface area contributed by atoms with E-state index in [-0.39, 0.29) is 36.7 Å². The predicted molar refractivity (Wildman–Crippen MR) is 97.0 cm³/mol. The van der Waals surface area contributed by atoms with Crippen LogP contribution in [0.3, 0.4) is 0 Å². The highest BCUT2D eigenvalue weighted by Gasteiger charge is 2.19. The van der Waals surface area contributed by atoms with Crippen molar-refractivity contribution in [2.24, 2.45) is 11.7 Å². The normalized spacial score (nSPS) is 14.2. The minimum Gasteiger partial charge on any atom is -0.356 e. The van der Waals surface area contributed by atoms with Crippen LogP contribution in [-0.2, 0) is 17.8 Å². The Labute approximate surface area is 149 Å². The molecule has 7 heteroatoms. The van der Waals surface area contributed by atoms with E-state index in [9.17, 15) is 9.59 Å². The van der Waals surface area contributed by atoms with E-state index in [0.29, 0.717) is 32.7 Å². The van der Waals surface area contributed by atoms with Crippen LogP contribution in [-0.4, -0.2) is 43.0 Å². The summed E-state index contributed by atoms with van der Waals surface area (Å²) in [5.41, 5.74) is 8.01. The average molecular weight is 355 g/mol. The maximum Gasteiger partial charge on any atom is 0.317 e. The van der Waals surface area contributed by atoms with Crippen LogP contribution in [0.25, 0.3) is 0 Å². The standard InChI is InChI=1S/C17H26N4O2.ClH/c1-13(10-18)11-20-16(22)6-8-19-17(23)21-9-7-14-4-2-3-5-15(14)12-21;/h2-5,13H,6-12,18H2,1H3,(H,19,23)(H,20,22);1H. The molecular formula is C17H27ClN4O2. The second-order valence-corrected chi connectivity index (χ2v) is 6.07. The summed E-state index contributed by atoms with van der Waals surface area (Å²) in [6.07, 6.45) is 1.16. The Morgan fingerprint density at radius 3 is 2.67 bits per heavy atom. The van der Waals surface area contributed by atoms with Crippen molar-refractivity contribution >= 4 is 24.3 Å². The molecule has 0 aliphatic carbocycles. The van der Waals surface area contributed by atoms with Gasteiger partial charge in [0, 0.05) is 32.6 Å². The fourth-order valence-corrected chi connectivity index (χ4v) is 2.52. The molecule has 1 atom stereocenters. The molecule has 0 saturated heterocycles. The lowest BCUT2D eigenvalue weighted by molar-refractivity contribution is -0.121. The molecule has 4 N–H and O–H groups in total. The van der Waals surface area contributed by atoms with E-state index in [1.54, 1.807) is 4.90 Å². The van der Waals surface area contributed by atoms with E-state index in [0.717, 1.165) is 6.42 Å². The third kappa shape index (κ3) is 6.02. The molecule has 1 unspecified atom stereocenters. The van der Waals surface area contributed by atoms with E-state index in [4.69, 9.17) is 5.73 Å². The molecule has 0 spiro atoms. The zero-order chi connectivity index (χ0) is 16.7. The fraction of sp³-hybridized carbons (Fsp3) is 0.529. The number of benzene rings is 1. The molecule has 2 rings (SSSR count). The van der Waals surface area contributed by atoms with Gasteiger partial charge in [-0.25, -0.2) is 4.79 Å². The topological polar surface area (TPSA) is 87.5 Å². The van der Waals surface area contributed by atoms with Crippen molar-refractivity contribution in [2.45, 2.75) is 26.3 Å². The third-order valence-electron chi connectivity index (χ3n) is 4.10. The number of halogens is 1. The minimum absolute atomic E-state index is 0. The summed E-state index contributed by atoms with van der Waals surface area (Å²) in [4.78, 5) is 25.6. The summed E-state index contributed by atoms with van der Waals surface area (Å²) in [5.74, 6) is 0.205. The second kappa shape index (κ2) is 10.2. The lowest BCUT2D eigenvalue weighted by atomic mass is 10.0. The third-order valence-corrected chi connectivity index (χ3v) is 4.10. The minimum atomic E-state index is -0.109. The largest absolute Gasteiger partial charge is 0.356 e. The summed E-state index contributed by atoms with van der Waals surface area (Å²) in [6, 6.07) is 8.08. The van der Waals surface area contributed by atoms with E-state index in [1.807, 2.05) is 19.1 Å². The first-order valence-corrected chi connectivity index (χ1v) is 8.16. The van der Waals surface area contributed by atoms with Crippen LogP contribution < -0.4 is 16.4 Å². The molecule has 0 fully saturated rings. The highest BCUT2D eigenvalue weighted by Crippen LogP contribution is 2.18. The second-order valence-electron chi connectivity index (χ2n) is 6.07. The van der Waals surface area contributed by atoms with Gasteiger partial charge in [-0.15, -0.1) is 12.4 Å². The van der Waals surface area contributed by atoms with E-state index in [1.165, 1.54) is 11.1 Å². The van der Waals surface area contributed by atoms with E-state index >= 15 is 0 Å². The Kier molecular flexibility index (Phi) is 8.57. The van der Waals surface area contributed by atoms with Gasteiger partial charge in [-0.1, -0.05) is 31.2 Å². The van der Waals surface area contributed by atoms with Gasteiger partial charge in [0.05, 0.1) is 0 Å². The quantitative estimate of drug-likeness (QED) is 0.719. The number of carbonyl (C=O) groups excluding carboxylic acids is 2. The molecule has 1 aliphatic rings. The zero-order valence-corrected chi connectivity index (χ0v) is 14.9. The average Bonchev–Trinajstić information content (AvgIpc) is 2.59. The molecule has 0 aromatic heterocycles. The Bertz CT molecular complexity index is 553. The number of rotatable bonds is 6. The van der Waals surface area contributed by atoms with Crippen molar-refractivity contribution in [3.63, 3.8) is 0 Å². The summed E-state index contributed by atoms with van der Waals surface area (Å²) >= 11 is 0. The van der Waals surface area contributed by atoms with Crippen LogP contribution in [0.15, 0.2) is 24.3 Å². The van der Waals surface area contributed by atoms with Crippen LogP contribution in [0.5, 0.6) is 0 Å². The summed E-state index contributed by atoms with van der Waals surface area (Å²) in [6.45, 7) is 4.79. The van der Waals surface area contributed by atoms with Gasteiger partial charge in [-0.2, -0.15) is 0 Å². The lowest BCUT2D eigenvalue weighted by Crippen LogP contribution is -2.43. The van der Waals surface area contributed by atoms with Crippen LogP contribution in [0, 0.1) is 5.92 Å². The van der Waals surface area contributed by atoms with Crippen molar-refractivity contribution < 1.29 is 9.59 Å². The van der Waals surface area contributed by atoms with Gasteiger partial charge >= 0.3 is 6.03 Å². The molecule has 0 radical (unpaired) electrons. The number of carbonyl (C=O) groups is 2. The number of fused-ring (bicyclic) bond motifs is 1. The highest BCUT2D eigenvalue weighted by atomic mass is 35.5. The molecule has 24 heavy (non-hydrogen) atoms. The van der Waals surface area contributed by atoms with Crippen molar-refractivity contribution in [2.75, 3.05) is 26.2 Å². The maximum atomic E-state index is 12.2. The molecule has 6 nitrogen and oxygen atoms in total. The predicted octanol–water partition coefficient (Wildman–Crippen LogP) is 1.28. The molecular weight excluding hydrogens is 328 g/mol. The molecule has 0 saturated carbocycles. The summed E-state index contributed by atoms with van der Waals surface area (Å²) < 4.78 is 0. The number of nitrogens with two attached hydrogens (primary N) is 1. The summed E-state index contributed by atoms with van der Waals surface area (Å²) in [5, 5.41) is 5.63. The van der Waals surface area contributed by atoms with Gasteiger partial charge in [0.25, 0.3) is 0 Å². The van der Waals surface area contributed by atoms with Gasteiger partial charge in [0.1, 0.15) is 0 Å². The molecule has 1 heterocycles. The SMILES string of the molecule is CC(CN)CNC(=O)CCNC(=O)N1CCc2ccccc2C1.Cl. The lowest BCUT2D eigenvalue weighted by Gasteiger charge is -2.28. The molecule has 3 amide bonds. The number of amides is 3. The van der Waals surface area contributed by atoms with Crippen LogP contribution >= 0.6 is 12.4 Å². The van der Waals surface area contributed by atoms with Crippen LogP contribution in [0.4, 0.5) is 4.79 Å². The maximum absolute atomic E-state index is 12.2. The van der Waals surface area contributed by atoms with Gasteiger partial charge in [-0.3, -0.25) is 4.79 Å².